The maximum Gasteiger partial charge on any atom is 0.255 e. The average Bonchev–Trinajstić information content (AvgIpc) is 3.14. The Balaban J connectivity index is 1.54. The molecule has 2 aliphatic heterocycles. The molecule has 2 aliphatic rings. The van der Waals surface area contributed by atoms with Gasteiger partial charge in [0.1, 0.15) is 0 Å². The molecule has 0 bridgehead atoms. The number of anilines is 1. The molecule has 0 N–H and O–H groups in total. The van der Waals surface area contributed by atoms with Gasteiger partial charge >= 0.3 is 0 Å². The molecule has 0 unspecified atom stereocenters. The second-order valence-electron chi connectivity index (χ2n) is 9.18. The largest absolute Gasteiger partial charge is 0.369 e. The number of thioether (sulfide) groups is 1. The van der Waals surface area contributed by atoms with E-state index in [-0.39, 0.29) is 10.8 Å². The summed E-state index contributed by atoms with van der Waals surface area (Å²) in [6.07, 6.45) is 6.21. The summed E-state index contributed by atoms with van der Waals surface area (Å²) in [5.74, 6) is -0.0527. The summed E-state index contributed by atoms with van der Waals surface area (Å²) in [6, 6.07) is 11.3. The standard InChI is InChI=1S/C26H35N3O3S2/c1-20-9-8-10-24(21(20)2)27-15-17-29(18-16-27)34(31,32)22-11-12-25(33-3)23(19-22)26(30)28-13-6-4-5-7-14-28/h8-12,19H,4-7,13-18H2,1-3H3. The minimum absolute atomic E-state index is 0.0527. The molecule has 2 heterocycles. The molecule has 0 spiro atoms. The first kappa shape index (κ1) is 25.1. The molecule has 0 radical (unpaired) electrons. The Morgan fingerprint density at radius 2 is 1.56 bits per heavy atom. The molecule has 0 saturated carbocycles. The van der Waals surface area contributed by atoms with E-state index in [1.807, 2.05) is 11.2 Å². The van der Waals surface area contributed by atoms with Crippen LogP contribution in [-0.2, 0) is 10.0 Å². The first-order chi connectivity index (χ1) is 16.3. The van der Waals surface area contributed by atoms with Crippen molar-refractivity contribution in [3.05, 3.63) is 53.1 Å². The fraction of sp³-hybridized carbons (Fsp3) is 0.500. The molecule has 34 heavy (non-hydrogen) atoms. The summed E-state index contributed by atoms with van der Waals surface area (Å²) in [4.78, 5) is 18.5. The van der Waals surface area contributed by atoms with Crippen molar-refractivity contribution < 1.29 is 13.2 Å². The Morgan fingerprint density at radius 1 is 0.882 bits per heavy atom. The first-order valence-corrected chi connectivity index (χ1v) is 14.8. The Morgan fingerprint density at radius 3 is 2.21 bits per heavy atom. The van der Waals surface area contributed by atoms with Crippen molar-refractivity contribution in [2.75, 3.05) is 50.4 Å². The summed E-state index contributed by atoms with van der Waals surface area (Å²) in [5, 5.41) is 0. The van der Waals surface area contributed by atoms with E-state index in [1.54, 1.807) is 22.5 Å². The molecule has 0 aromatic heterocycles. The molecule has 2 saturated heterocycles. The molecule has 2 fully saturated rings. The van der Waals surface area contributed by atoms with Crippen molar-refractivity contribution in [2.45, 2.75) is 49.3 Å². The fourth-order valence-corrected chi connectivity index (χ4v) is 6.87. The molecule has 2 aromatic rings. The zero-order chi connectivity index (χ0) is 24.3. The lowest BCUT2D eigenvalue weighted by Crippen LogP contribution is -2.48. The minimum atomic E-state index is -3.68. The number of carbonyl (C=O) groups excluding carboxylic acids is 1. The van der Waals surface area contributed by atoms with Crippen LogP contribution in [-0.4, -0.2) is 69.1 Å². The van der Waals surface area contributed by atoms with Gasteiger partial charge in [-0.25, -0.2) is 8.42 Å². The second kappa shape index (κ2) is 10.7. The molecular weight excluding hydrogens is 466 g/mol. The van der Waals surface area contributed by atoms with Gasteiger partial charge in [-0.15, -0.1) is 11.8 Å². The Labute approximate surface area is 208 Å². The second-order valence-corrected chi connectivity index (χ2v) is 12.0. The van der Waals surface area contributed by atoms with Crippen molar-refractivity contribution in [2.24, 2.45) is 0 Å². The molecule has 0 aliphatic carbocycles. The number of piperazine rings is 1. The van der Waals surface area contributed by atoms with Gasteiger partial charge in [-0.05, 0) is 68.3 Å². The van der Waals surface area contributed by atoms with Crippen molar-refractivity contribution in [3.8, 4) is 0 Å². The highest BCUT2D eigenvalue weighted by Crippen LogP contribution is 2.29. The normalized spacial score (nSPS) is 18.1. The first-order valence-electron chi connectivity index (χ1n) is 12.1. The van der Waals surface area contributed by atoms with Crippen molar-refractivity contribution in [3.63, 3.8) is 0 Å². The van der Waals surface area contributed by atoms with Gasteiger partial charge in [-0.3, -0.25) is 4.79 Å². The number of nitrogens with zero attached hydrogens (tertiary/aromatic N) is 3. The molecule has 4 rings (SSSR count). The zero-order valence-corrected chi connectivity index (χ0v) is 22.1. The van der Waals surface area contributed by atoms with Crippen LogP contribution >= 0.6 is 11.8 Å². The summed E-state index contributed by atoms with van der Waals surface area (Å²) in [7, 11) is -3.68. The number of sulfonamides is 1. The summed E-state index contributed by atoms with van der Waals surface area (Å²) in [6.45, 7) is 7.84. The van der Waals surface area contributed by atoms with E-state index in [0.717, 1.165) is 43.7 Å². The third-order valence-electron chi connectivity index (χ3n) is 7.09. The van der Waals surface area contributed by atoms with Gasteiger partial charge in [-0.1, -0.05) is 25.0 Å². The van der Waals surface area contributed by atoms with Gasteiger partial charge < -0.3 is 9.80 Å². The van der Waals surface area contributed by atoms with E-state index in [2.05, 4.69) is 36.9 Å². The smallest absolute Gasteiger partial charge is 0.255 e. The van der Waals surface area contributed by atoms with Gasteiger partial charge in [0, 0.05) is 49.9 Å². The van der Waals surface area contributed by atoms with Crippen molar-refractivity contribution >= 4 is 33.4 Å². The number of likely N-dealkylation sites (tertiary alicyclic amines) is 1. The number of hydrogen-bond acceptors (Lipinski definition) is 5. The van der Waals surface area contributed by atoms with Gasteiger partial charge in [-0.2, -0.15) is 4.31 Å². The van der Waals surface area contributed by atoms with Crippen LogP contribution in [0.15, 0.2) is 46.2 Å². The van der Waals surface area contributed by atoms with E-state index >= 15 is 0 Å². The highest BCUT2D eigenvalue weighted by atomic mass is 32.2. The van der Waals surface area contributed by atoms with E-state index in [0.29, 0.717) is 31.7 Å². The van der Waals surface area contributed by atoms with Crippen LogP contribution in [0.3, 0.4) is 0 Å². The minimum Gasteiger partial charge on any atom is -0.369 e. The van der Waals surface area contributed by atoms with E-state index < -0.39 is 10.0 Å². The number of benzene rings is 2. The number of amides is 1. The van der Waals surface area contributed by atoms with Crippen molar-refractivity contribution in [1.82, 2.24) is 9.21 Å². The predicted molar refractivity (Wildman–Crippen MR) is 139 cm³/mol. The molecule has 6 nitrogen and oxygen atoms in total. The lowest BCUT2D eigenvalue weighted by molar-refractivity contribution is 0.0758. The number of carbonyl (C=O) groups is 1. The van der Waals surface area contributed by atoms with Gasteiger partial charge in [0.15, 0.2) is 0 Å². The van der Waals surface area contributed by atoms with E-state index in [1.165, 1.54) is 28.6 Å². The van der Waals surface area contributed by atoms with Crippen LogP contribution in [0.4, 0.5) is 5.69 Å². The van der Waals surface area contributed by atoms with Crippen molar-refractivity contribution in [1.29, 1.82) is 0 Å². The number of hydrogen-bond donors (Lipinski definition) is 0. The molecule has 1 amide bonds. The Bertz CT molecular complexity index is 1130. The SMILES string of the molecule is CSc1ccc(S(=O)(=O)N2CCN(c3cccc(C)c3C)CC2)cc1C(=O)N1CCCCCC1. The molecule has 184 valence electrons. The molecule has 8 heteroatoms. The third-order valence-corrected chi connectivity index (χ3v) is 9.78. The lowest BCUT2D eigenvalue weighted by Gasteiger charge is -2.36. The van der Waals surface area contributed by atoms with Gasteiger partial charge in [0.05, 0.1) is 10.5 Å². The maximum atomic E-state index is 13.5. The molecule has 2 aromatic carbocycles. The molecule has 0 atom stereocenters. The Hall–Kier alpha value is -2.03. The average molecular weight is 502 g/mol. The molecular formula is C26H35N3O3S2. The third kappa shape index (κ3) is 5.14. The Kier molecular flexibility index (Phi) is 7.90. The number of aryl methyl sites for hydroxylation is 1. The summed E-state index contributed by atoms with van der Waals surface area (Å²) >= 11 is 1.49. The van der Waals surface area contributed by atoms with Crippen LogP contribution in [0.1, 0.15) is 47.2 Å². The van der Waals surface area contributed by atoms with E-state index in [4.69, 9.17) is 0 Å². The predicted octanol–water partition coefficient (Wildman–Crippen LogP) is 4.55. The summed E-state index contributed by atoms with van der Waals surface area (Å²) < 4.78 is 28.6. The maximum absolute atomic E-state index is 13.5. The van der Waals surface area contributed by atoms with Crippen LogP contribution in [0.5, 0.6) is 0 Å². The number of rotatable bonds is 5. The van der Waals surface area contributed by atoms with Crippen LogP contribution in [0, 0.1) is 13.8 Å². The van der Waals surface area contributed by atoms with E-state index in [9.17, 15) is 13.2 Å². The monoisotopic (exact) mass is 501 g/mol. The van der Waals surface area contributed by atoms with Gasteiger partial charge in [0.2, 0.25) is 10.0 Å². The van der Waals surface area contributed by atoms with Crippen LogP contribution < -0.4 is 4.90 Å². The highest BCUT2D eigenvalue weighted by Gasteiger charge is 2.31. The zero-order valence-electron chi connectivity index (χ0n) is 20.4. The van der Waals surface area contributed by atoms with Crippen LogP contribution in [0.25, 0.3) is 0 Å². The highest BCUT2D eigenvalue weighted by molar-refractivity contribution is 7.98. The lowest BCUT2D eigenvalue weighted by atomic mass is 10.1. The van der Waals surface area contributed by atoms with Crippen LogP contribution in [0.2, 0.25) is 0 Å². The summed E-state index contributed by atoms with van der Waals surface area (Å²) in [5.41, 5.74) is 4.15. The van der Waals surface area contributed by atoms with Gasteiger partial charge in [0.25, 0.3) is 5.91 Å². The topological polar surface area (TPSA) is 60.9 Å². The fourth-order valence-electron chi connectivity index (χ4n) is 4.86. The quantitative estimate of drug-likeness (QED) is 0.563.